The van der Waals surface area contributed by atoms with Crippen molar-refractivity contribution in [2.75, 3.05) is 32.7 Å². The minimum atomic E-state index is 0. The van der Waals surface area contributed by atoms with Crippen LogP contribution in [-0.4, -0.2) is 49.7 Å². The van der Waals surface area contributed by atoms with E-state index in [2.05, 4.69) is 33.4 Å². The van der Waals surface area contributed by atoms with Gasteiger partial charge in [-0.2, -0.15) is 0 Å². The number of ether oxygens (including phenoxy) is 1. The number of guanidine groups is 1. The molecular weight excluding hydrogens is 347 g/mol. The Bertz CT molecular complexity index is 527. The molecule has 3 rings (SSSR count). The first-order valence-electron chi connectivity index (χ1n) is 8.34. The summed E-state index contributed by atoms with van der Waals surface area (Å²) in [7, 11) is 0. The maximum Gasteiger partial charge on any atom is 0.194 e. The average molecular weight is 375 g/mol. The minimum Gasteiger partial charge on any atom is -0.488 e. The van der Waals surface area contributed by atoms with Crippen LogP contribution in [0.15, 0.2) is 29.3 Å². The van der Waals surface area contributed by atoms with Gasteiger partial charge in [-0.05, 0) is 43.9 Å². The van der Waals surface area contributed by atoms with Gasteiger partial charge in [-0.25, -0.2) is 0 Å². The molecule has 24 heavy (non-hydrogen) atoms. The Morgan fingerprint density at radius 3 is 2.88 bits per heavy atom. The van der Waals surface area contributed by atoms with Crippen LogP contribution in [0.3, 0.4) is 0 Å². The summed E-state index contributed by atoms with van der Waals surface area (Å²) in [6.45, 7) is 4.43. The predicted molar refractivity (Wildman–Crippen MR) is 104 cm³/mol. The third-order valence-electron chi connectivity index (χ3n) is 4.24. The van der Waals surface area contributed by atoms with E-state index in [9.17, 15) is 0 Å². The van der Waals surface area contributed by atoms with Crippen LogP contribution in [-0.2, 0) is 6.42 Å². The number of benzene rings is 1. The van der Waals surface area contributed by atoms with E-state index in [1.54, 1.807) is 0 Å². The molecular formula is C17H28Cl2N4O. The monoisotopic (exact) mass is 374 g/mol. The fourth-order valence-corrected chi connectivity index (χ4v) is 3.05. The summed E-state index contributed by atoms with van der Waals surface area (Å²) in [5, 5.41) is 3.42. The van der Waals surface area contributed by atoms with Crippen LogP contribution in [0.1, 0.15) is 24.8 Å². The van der Waals surface area contributed by atoms with Crippen LogP contribution in [0.5, 0.6) is 5.75 Å². The molecule has 0 radical (unpaired) electrons. The normalized spacial score (nSPS) is 18.7. The van der Waals surface area contributed by atoms with Crippen molar-refractivity contribution >= 4 is 30.8 Å². The molecule has 0 amide bonds. The van der Waals surface area contributed by atoms with Crippen molar-refractivity contribution < 1.29 is 4.74 Å². The summed E-state index contributed by atoms with van der Waals surface area (Å²) < 4.78 is 6.18. The number of aryl methyl sites for hydroxylation is 1. The molecule has 2 heterocycles. The van der Waals surface area contributed by atoms with Crippen LogP contribution in [0.2, 0.25) is 0 Å². The molecule has 2 aliphatic heterocycles. The Morgan fingerprint density at radius 1 is 1.29 bits per heavy atom. The number of para-hydroxylation sites is 1. The van der Waals surface area contributed by atoms with Crippen LogP contribution in [0.25, 0.3) is 0 Å². The van der Waals surface area contributed by atoms with Gasteiger partial charge in [0.25, 0.3) is 0 Å². The second-order valence-corrected chi connectivity index (χ2v) is 5.96. The number of nitrogens with zero attached hydrogens (tertiary/aromatic N) is 2. The second-order valence-electron chi connectivity index (χ2n) is 5.96. The molecule has 0 spiro atoms. The van der Waals surface area contributed by atoms with Gasteiger partial charge < -0.3 is 20.7 Å². The van der Waals surface area contributed by atoms with E-state index < -0.39 is 0 Å². The van der Waals surface area contributed by atoms with E-state index in [-0.39, 0.29) is 30.9 Å². The molecule has 0 saturated heterocycles. The van der Waals surface area contributed by atoms with E-state index in [0.717, 1.165) is 63.6 Å². The first-order valence-corrected chi connectivity index (χ1v) is 8.34. The lowest BCUT2D eigenvalue weighted by molar-refractivity contribution is 0.140. The summed E-state index contributed by atoms with van der Waals surface area (Å²) in [6.07, 6.45) is 4.46. The number of hydrogen-bond donors (Lipinski definition) is 2. The zero-order chi connectivity index (χ0) is 15.2. The zero-order valence-corrected chi connectivity index (χ0v) is 15.6. The van der Waals surface area contributed by atoms with Gasteiger partial charge in [0.2, 0.25) is 0 Å². The quantitative estimate of drug-likeness (QED) is 0.829. The first kappa shape index (κ1) is 20.9. The van der Waals surface area contributed by atoms with Gasteiger partial charge in [0, 0.05) is 19.6 Å². The molecule has 136 valence electrons. The third kappa shape index (κ3) is 5.43. The molecule has 5 nitrogen and oxygen atoms in total. The van der Waals surface area contributed by atoms with Gasteiger partial charge in [-0.3, -0.25) is 4.99 Å². The van der Waals surface area contributed by atoms with Gasteiger partial charge in [-0.15, -0.1) is 24.8 Å². The number of nitrogens with one attached hydrogen (secondary N) is 1. The number of halogens is 2. The average Bonchev–Trinajstić information content (AvgIpc) is 2.59. The van der Waals surface area contributed by atoms with Gasteiger partial charge in [0.15, 0.2) is 5.96 Å². The van der Waals surface area contributed by atoms with Gasteiger partial charge in [0.1, 0.15) is 11.9 Å². The number of fused-ring (bicyclic) bond motifs is 1. The third-order valence-corrected chi connectivity index (χ3v) is 4.24. The molecule has 0 aliphatic carbocycles. The van der Waals surface area contributed by atoms with Crippen molar-refractivity contribution in [1.29, 1.82) is 0 Å². The van der Waals surface area contributed by atoms with E-state index in [4.69, 9.17) is 10.5 Å². The topological polar surface area (TPSA) is 62.9 Å². The van der Waals surface area contributed by atoms with E-state index >= 15 is 0 Å². The Labute approximate surface area is 156 Å². The smallest absolute Gasteiger partial charge is 0.194 e. The van der Waals surface area contributed by atoms with Crippen LogP contribution in [0, 0.1) is 0 Å². The summed E-state index contributed by atoms with van der Waals surface area (Å²) in [4.78, 5) is 6.94. The molecule has 0 saturated carbocycles. The lowest BCUT2D eigenvalue weighted by Crippen LogP contribution is -2.49. The van der Waals surface area contributed by atoms with E-state index in [1.807, 2.05) is 6.07 Å². The summed E-state index contributed by atoms with van der Waals surface area (Å²) in [5.74, 6) is 2.05. The summed E-state index contributed by atoms with van der Waals surface area (Å²) in [5.41, 5.74) is 7.00. The number of rotatable bonds is 5. The number of hydrogen-bond acceptors (Lipinski definition) is 5. The molecule has 7 heteroatoms. The molecule has 1 atom stereocenters. The summed E-state index contributed by atoms with van der Waals surface area (Å²) in [6, 6.07) is 8.35. The highest BCUT2D eigenvalue weighted by atomic mass is 35.5. The van der Waals surface area contributed by atoms with Crippen LogP contribution >= 0.6 is 24.8 Å². The first-order chi connectivity index (χ1) is 10.9. The Kier molecular flexibility index (Phi) is 9.26. The molecule has 2 aliphatic rings. The van der Waals surface area contributed by atoms with Crippen molar-refractivity contribution in [2.45, 2.75) is 31.8 Å². The molecule has 1 unspecified atom stereocenters. The maximum absolute atomic E-state index is 6.18. The predicted octanol–water partition coefficient (Wildman–Crippen LogP) is 2.22. The molecule has 0 bridgehead atoms. The van der Waals surface area contributed by atoms with Crippen molar-refractivity contribution in [3.8, 4) is 5.75 Å². The second kappa shape index (κ2) is 10.6. The Hall–Kier alpha value is -1.17. The fraction of sp³-hybridized carbons (Fsp3) is 0.588. The Morgan fingerprint density at radius 2 is 2.12 bits per heavy atom. The fourth-order valence-electron chi connectivity index (χ4n) is 3.05. The van der Waals surface area contributed by atoms with Gasteiger partial charge in [0.05, 0.1) is 6.54 Å². The maximum atomic E-state index is 6.18. The Balaban J connectivity index is 0.00000144. The van der Waals surface area contributed by atoms with Gasteiger partial charge in [-0.1, -0.05) is 18.2 Å². The lowest BCUT2D eigenvalue weighted by atomic mass is 10.0. The highest BCUT2D eigenvalue weighted by molar-refractivity contribution is 5.85. The molecule has 1 aromatic rings. The lowest BCUT2D eigenvalue weighted by Gasteiger charge is -2.34. The van der Waals surface area contributed by atoms with E-state index in [1.165, 1.54) is 5.56 Å². The minimum absolute atomic E-state index is 0. The highest BCUT2D eigenvalue weighted by Gasteiger charge is 2.23. The summed E-state index contributed by atoms with van der Waals surface area (Å²) >= 11 is 0. The van der Waals surface area contributed by atoms with Crippen LogP contribution < -0.4 is 15.8 Å². The van der Waals surface area contributed by atoms with Gasteiger partial charge >= 0.3 is 0 Å². The standard InChI is InChI=1S/C17H26N4O.2ClH/c18-9-3-12-21(17-19-10-4-11-20-17)13-15-8-7-14-5-1-2-6-16(14)22-15;;/h1-2,5-6,15H,3-4,7-13,18H2,(H,19,20);2*1H. The number of aliphatic imine (C=N–C) groups is 1. The largest absolute Gasteiger partial charge is 0.488 e. The number of nitrogens with two attached hydrogens (primary N) is 1. The molecule has 1 aromatic carbocycles. The van der Waals surface area contributed by atoms with Crippen molar-refractivity contribution in [2.24, 2.45) is 10.7 Å². The molecule has 0 fully saturated rings. The van der Waals surface area contributed by atoms with E-state index in [0.29, 0.717) is 6.54 Å². The molecule has 0 aromatic heterocycles. The molecule has 3 N–H and O–H groups in total. The van der Waals surface area contributed by atoms with Crippen molar-refractivity contribution in [3.63, 3.8) is 0 Å². The van der Waals surface area contributed by atoms with Crippen LogP contribution in [0.4, 0.5) is 0 Å². The SMILES string of the molecule is Cl.Cl.NCCCN(CC1CCc2ccccc2O1)C1=NCCCN1. The highest BCUT2D eigenvalue weighted by Crippen LogP contribution is 2.27. The zero-order valence-electron chi connectivity index (χ0n) is 13.9. The van der Waals surface area contributed by atoms with Crippen molar-refractivity contribution in [1.82, 2.24) is 10.2 Å². The van der Waals surface area contributed by atoms with Crippen molar-refractivity contribution in [3.05, 3.63) is 29.8 Å².